The Labute approximate surface area is 118 Å². The zero-order valence-corrected chi connectivity index (χ0v) is 12.3. The quantitative estimate of drug-likeness (QED) is 0.903. The van der Waals surface area contributed by atoms with Crippen LogP contribution in [0.3, 0.4) is 0 Å². The lowest BCUT2D eigenvalue weighted by Crippen LogP contribution is -2.42. The largest absolute Gasteiger partial charge is 0.367 e. The van der Waals surface area contributed by atoms with Crippen molar-refractivity contribution in [2.75, 3.05) is 11.4 Å². The van der Waals surface area contributed by atoms with Crippen LogP contribution in [0.25, 0.3) is 0 Å². The summed E-state index contributed by atoms with van der Waals surface area (Å²) in [5.41, 5.74) is 8.26. The fourth-order valence-corrected chi connectivity index (χ4v) is 4.32. The highest BCUT2D eigenvalue weighted by Crippen LogP contribution is 2.41. The van der Waals surface area contributed by atoms with E-state index in [0.717, 1.165) is 12.0 Å². The Morgan fingerprint density at radius 2 is 2.06 bits per heavy atom. The molecule has 2 N–H and O–H groups in total. The molecule has 1 aliphatic heterocycles. The van der Waals surface area contributed by atoms with Gasteiger partial charge in [-0.05, 0) is 65.2 Å². The van der Waals surface area contributed by atoms with Gasteiger partial charge in [0.25, 0.3) is 0 Å². The van der Waals surface area contributed by atoms with E-state index in [2.05, 4.69) is 39.0 Å². The molecule has 2 fully saturated rings. The van der Waals surface area contributed by atoms with Crippen molar-refractivity contribution in [1.82, 2.24) is 0 Å². The molecule has 0 radical (unpaired) electrons. The molecule has 2 nitrogen and oxygen atoms in total. The zero-order valence-electron chi connectivity index (χ0n) is 10.7. The molecule has 2 unspecified atom stereocenters. The first-order chi connectivity index (χ1) is 8.79. The van der Waals surface area contributed by atoms with Gasteiger partial charge in [0.15, 0.2) is 0 Å². The maximum Gasteiger partial charge on any atom is 0.0513 e. The monoisotopic (exact) mass is 308 g/mol. The summed E-state index contributed by atoms with van der Waals surface area (Å²) in [6.45, 7) is 1.83. The molecule has 2 aliphatic rings. The summed E-state index contributed by atoms with van der Waals surface area (Å²) in [5, 5.41) is 0. The molecule has 3 rings (SSSR count). The highest BCUT2D eigenvalue weighted by Gasteiger charge is 2.35. The second kappa shape index (κ2) is 5.22. The summed E-state index contributed by atoms with van der Waals surface area (Å²) in [7, 11) is 0. The number of benzene rings is 1. The van der Waals surface area contributed by atoms with Crippen molar-refractivity contribution in [3.8, 4) is 0 Å². The van der Waals surface area contributed by atoms with Gasteiger partial charge in [0, 0.05) is 23.6 Å². The number of piperidine rings is 1. The van der Waals surface area contributed by atoms with Crippen molar-refractivity contribution >= 4 is 21.6 Å². The Bertz CT molecular complexity index is 433. The summed E-state index contributed by atoms with van der Waals surface area (Å²) in [4.78, 5) is 2.63. The summed E-state index contributed by atoms with van der Waals surface area (Å²) in [6.07, 6.45) is 6.98. The zero-order chi connectivity index (χ0) is 12.5. The second-order valence-electron chi connectivity index (χ2n) is 5.58. The van der Waals surface area contributed by atoms with E-state index in [1.165, 1.54) is 54.4 Å². The third kappa shape index (κ3) is 2.19. The normalized spacial score (nSPS) is 27.3. The predicted molar refractivity (Wildman–Crippen MR) is 79.7 cm³/mol. The van der Waals surface area contributed by atoms with E-state index in [-0.39, 0.29) is 0 Å². The SMILES string of the molecule is NCc1ccc(N2CCCC3CCCC32)c(Br)c1. The molecule has 0 aromatic heterocycles. The third-order valence-corrected chi connectivity index (χ3v) is 5.19. The molecule has 0 bridgehead atoms. The molecule has 98 valence electrons. The van der Waals surface area contributed by atoms with E-state index in [4.69, 9.17) is 5.73 Å². The summed E-state index contributed by atoms with van der Waals surface area (Å²) in [6, 6.07) is 7.36. The van der Waals surface area contributed by atoms with Crippen molar-refractivity contribution < 1.29 is 0 Å². The van der Waals surface area contributed by atoms with Crippen LogP contribution in [0.5, 0.6) is 0 Å². The Balaban J connectivity index is 1.89. The number of hydrogen-bond acceptors (Lipinski definition) is 2. The maximum atomic E-state index is 5.70. The minimum atomic E-state index is 0.616. The minimum absolute atomic E-state index is 0.616. The molecule has 0 amide bonds. The Morgan fingerprint density at radius 1 is 1.22 bits per heavy atom. The van der Waals surface area contributed by atoms with E-state index < -0.39 is 0 Å². The molecule has 1 aromatic carbocycles. The first-order valence-corrected chi connectivity index (χ1v) is 7.84. The molecular weight excluding hydrogens is 288 g/mol. The van der Waals surface area contributed by atoms with Crippen molar-refractivity contribution in [3.05, 3.63) is 28.2 Å². The molecule has 18 heavy (non-hydrogen) atoms. The van der Waals surface area contributed by atoms with E-state index in [9.17, 15) is 0 Å². The van der Waals surface area contributed by atoms with E-state index in [0.29, 0.717) is 6.54 Å². The third-order valence-electron chi connectivity index (χ3n) is 4.55. The van der Waals surface area contributed by atoms with Gasteiger partial charge in [-0.2, -0.15) is 0 Å². The lowest BCUT2D eigenvalue weighted by atomic mass is 9.91. The van der Waals surface area contributed by atoms with Gasteiger partial charge in [0.2, 0.25) is 0 Å². The first-order valence-electron chi connectivity index (χ1n) is 7.04. The van der Waals surface area contributed by atoms with Crippen LogP contribution in [0.1, 0.15) is 37.7 Å². The van der Waals surface area contributed by atoms with Gasteiger partial charge in [0.05, 0.1) is 5.69 Å². The topological polar surface area (TPSA) is 29.3 Å². The van der Waals surface area contributed by atoms with Crippen LogP contribution in [0.4, 0.5) is 5.69 Å². The molecule has 1 heterocycles. The minimum Gasteiger partial charge on any atom is -0.367 e. The van der Waals surface area contributed by atoms with Crippen LogP contribution < -0.4 is 10.6 Å². The smallest absolute Gasteiger partial charge is 0.0513 e. The summed E-state index contributed by atoms with van der Waals surface area (Å²) < 4.78 is 1.21. The molecule has 3 heteroatoms. The van der Waals surface area contributed by atoms with Crippen LogP contribution in [0.15, 0.2) is 22.7 Å². The first kappa shape index (κ1) is 12.5. The molecule has 2 atom stereocenters. The molecule has 1 aliphatic carbocycles. The Kier molecular flexibility index (Phi) is 3.62. The van der Waals surface area contributed by atoms with E-state index >= 15 is 0 Å². The highest BCUT2D eigenvalue weighted by molar-refractivity contribution is 9.10. The van der Waals surface area contributed by atoms with Gasteiger partial charge in [-0.25, -0.2) is 0 Å². The van der Waals surface area contributed by atoms with Gasteiger partial charge < -0.3 is 10.6 Å². The average Bonchev–Trinajstić information content (AvgIpc) is 2.87. The van der Waals surface area contributed by atoms with Crippen molar-refractivity contribution in [2.45, 2.75) is 44.7 Å². The van der Waals surface area contributed by atoms with Gasteiger partial charge in [-0.3, -0.25) is 0 Å². The highest BCUT2D eigenvalue weighted by atomic mass is 79.9. The van der Waals surface area contributed by atoms with E-state index in [1.807, 2.05) is 0 Å². The number of nitrogens with two attached hydrogens (primary N) is 1. The average molecular weight is 309 g/mol. The van der Waals surface area contributed by atoms with Gasteiger partial charge in [-0.1, -0.05) is 12.5 Å². The number of hydrogen-bond donors (Lipinski definition) is 1. The summed E-state index contributed by atoms with van der Waals surface area (Å²) in [5.74, 6) is 0.930. The molecule has 1 aromatic rings. The molecular formula is C15H21BrN2. The maximum absolute atomic E-state index is 5.70. The fraction of sp³-hybridized carbons (Fsp3) is 0.600. The van der Waals surface area contributed by atoms with Crippen LogP contribution >= 0.6 is 15.9 Å². The molecule has 1 saturated carbocycles. The lowest BCUT2D eigenvalue weighted by Gasteiger charge is -2.40. The van der Waals surface area contributed by atoms with Crippen LogP contribution in [-0.2, 0) is 6.54 Å². The van der Waals surface area contributed by atoms with Crippen LogP contribution in [0.2, 0.25) is 0 Å². The number of anilines is 1. The Morgan fingerprint density at radius 3 is 2.83 bits per heavy atom. The fourth-order valence-electron chi connectivity index (χ4n) is 3.66. The van der Waals surface area contributed by atoms with Crippen LogP contribution in [-0.4, -0.2) is 12.6 Å². The van der Waals surface area contributed by atoms with Gasteiger partial charge >= 0.3 is 0 Å². The molecule has 0 spiro atoms. The van der Waals surface area contributed by atoms with Crippen molar-refractivity contribution in [3.63, 3.8) is 0 Å². The number of rotatable bonds is 2. The Hall–Kier alpha value is -0.540. The van der Waals surface area contributed by atoms with Gasteiger partial charge in [-0.15, -0.1) is 0 Å². The lowest BCUT2D eigenvalue weighted by molar-refractivity contribution is 0.362. The number of nitrogens with zero attached hydrogens (tertiary/aromatic N) is 1. The van der Waals surface area contributed by atoms with Crippen LogP contribution in [0, 0.1) is 5.92 Å². The van der Waals surface area contributed by atoms with Crippen molar-refractivity contribution in [1.29, 1.82) is 0 Å². The number of fused-ring (bicyclic) bond motifs is 1. The standard InChI is InChI=1S/C15H21BrN2/c16-13-9-11(10-17)6-7-15(13)18-8-2-4-12-3-1-5-14(12)18/h6-7,9,12,14H,1-5,8,10,17H2. The molecule has 1 saturated heterocycles. The number of halogens is 1. The predicted octanol–water partition coefficient (Wildman–Crippen LogP) is 3.68. The van der Waals surface area contributed by atoms with Gasteiger partial charge in [0.1, 0.15) is 0 Å². The van der Waals surface area contributed by atoms with E-state index in [1.54, 1.807) is 0 Å². The second-order valence-corrected chi connectivity index (χ2v) is 6.44. The summed E-state index contributed by atoms with van der Waals surface area (Å²) >= 11 is 3.72. The van der Waals surface area contributed by atoms with Crippen molar-refractivity contribution in [2.24, 2.45) is 11.7 Å².